The van der Waals surface area contributed by atoms with Crippen molar-refractivity contribution in [2.24, 2.45) is 5.92 Å². The molecule has 0 aliphatic rings. The molecule has 2 aromatic carbocycles. The van der Waals surface area contributed by atoms with Crippen LogP contribution in [-0.4, -0.2) is 42.9 Å². The highest BCUT2D eigenvalue weighted by molar-refractivity contribution is 7.91. The molecular weight excluding hydrogens is 454 g/mol. The third-order valence-corrected chi connectivity index (χ3v) is 7.18. The van der Waals surface area contributed by atoms with Gasteiger partial charge in [0.2, 0.25) is 21.7 Å². The van der Waals surface area contributed by atoms with Gasteiger partial charge in [0.25, 0.3) is 5.89 Å². The summed E-state index contributed by atoms with van der Waals surface area (Å²) >= 11 is 0. The van der Waals surface area contributed by atoms with E-state index in [1.54, 1.807) is 24.3 Å². The minimum Gasteiger partial charge on any atom is -0.434 e. The van der Waals surface area contributed by atoms with E-state index < -0.39 is 33.0 Å². The summed E-state index contributed by atoms with van der Waals surface area (Å²) in [6.45, 7) is 5.25. The molecule has 2 atom stereocenters. The monoisotopic (exact) mass is 485 g/mol. The van der Waals surface area contributed by atoms with Crippen LogP contribution in [0.1, 0.15) is 49.9 Å². The van der Waals surface area contributed by atoms with E-state index in [4.69, 9.17) is 4.42 Å². The molecule has 1 heterocycles. The van der Waals surface area contributed by atoms with E-state index in [-0.39, 0.29) is 18.4 Å². The Kier molecular flexibility index (Phi) is 8.57. The number of Topliss-reactive ketones (excluding diaryl/α,β-unsaturated/α-hetero) is 1. The summed E-state index contributed by atoms with van der Waals surface area (Å²) in [5.41, 5.74) is 1.94. The van der Waals surface area contributed by atoms with Crippen LogP contribution in [0.4, 0.5) is 0 Å². The predicted octanol–water partition coefficient (Wildman–Crippen LogP) is 3.48. The first-order chi connectivity index (χ1) is 16.2. The number of sulfonamides is 1. The molecule has 1 aromatic heterocycles. The third kappa shape index (κ3) is 6.74. The quantitative estimate of drug-likeness (QED) is 0.299. The number of para-hydroxylation sites is 2. The first kappa shape index (κ1) is 25.6. The Bertz CT molecular complexity index is 1190. The summed E-state index contributed by atoms with van der Waals surface area (Å²) in [6.07, 6.45) is 1.54. The van der Waals surface area contributed by atoms with Crippen molar-refractivity contribution in [1.29, 1.82) is 0 Å². The lowest BCUT2D eigenvalue weighted by Crippen LogP contribution is -2.54. The maximum atomic E-state index is 13.5. The lowest BCUT2D eigenvalue weighted by atomic mass is 9.98. The van der Waals surface area contributed by atoms with Gasteiger partial charge in [-0.2, -0.15) is 0 Å². The van der Waals surface area contributed by atoms with Crippen molar-refractivity contribution in [1.82, 2.24) is 15.0 Å². The number of oxazole rings is 1. The molecule has 0 fully saturated rings. The zero-order valence-corrected chi connectivity index (χ0v) is 20.5. The molecule has 0 saturated heterocycles. The predicted molar refractivity (Wildman–Crippen MR) is 131 cm³/mol. The van der Waals surface area contributed by atoms with E-state index >= 15 is 0 Å². The van der Waals surface area contributed by atoms with Gasteiger partial charge in [0, 0.05) is 13.5 Å². The van der Waals surface area contributed by atoms with Crippen LogP contribution in [0, 0.1) is 5.92 Å². The minimum absolute atomic E-state index is 0.0315. The van der Waals surface area contributed by atoms with Crippen LogP contribution in [0.2, 0.25) is 0 Å². The highest BCUT2D eigenvalue weighted by Crippen LogP contribution is 2.22. The molecule has 182 valence electrons. The van der Waals surface area contributed by atoms with Crippen LogP contribution in [0.25, 0.3) is 11.1 Å². The van der Waals surface area contributed by atoms with Crippen LogP contribution in [0.3, 0.4) is 0 Å². The van der Waals surface area contributed by atoms with Crippen molar-refractivity contribution < 1.29 is 22.4 Å². The minimum atomic E-state index is -4.17. The number of ketones is 1. The molecule has 0 bridgehead atoms. The van der Waals surface area contributed by atoms with Gasteiger partial charge in [0.15, 0.2) is 10.8 Å². The van der Waals surface area contributed by atoms with Crippen molar-refractivity contribution in [2.45, 2.75) is 51.3 Å². The molecule has 0 spiro atoms. The maximum absolute atomic E-state index is 13.5. The lowest BCUT2D eigenvalue weighted by Gasteiger charge is -2.27. The van der Waals surface area contributed by atoms with E-state index in [0.29, 0.717) is 30.4 Å². The smallest absolute Gasteiger partial charge is 0.265 e. The highest BCUT2D eigenvalue weighted by atomic mass is 32.2. The number of benzene rings is 2. The van der Waals surface area contributed by atoms with Crippen LogP contribution >= 0.6 is 0 Å². The van der Waals surface area contributed by atoms with E-state index in [1.807, 2.05) is 44.2 Å². The first-order valence-corrected chi connectivity index (χ1v) is 12.9. The Hall–Kier alpha value is -3.04. The molecular formula is C25H31N3O5S. The molecule has 3 aromatic rings. The lowest BCUT2D eigenvalue weighted by molar-refractivity contribution is -0.119. The van der Waals surface area contributed by atoms with Gasteiger partial charge < -0.3 is 9.73 Å². The normalized spacial score (nSPS) is 13.6. The van der Waals surface area contributed by atoms with Crippen molar-refractivity contribution >= 4 is 32.8 Å². The number of nitrogens with zero attached hydrogens (tertiary/aromatic N) is 1. The number of nitrogens with one attached hydrogen (secondary N) is 2. The molecule has 0 radical (unpaired) electrons. The Morgan fingerprint density at radius 2 is 1.71 bits per heavy atom. The van der Waals surface area contributed by atoms with Crippen LogP contribution in [0.5, 0.6) is 0 Å². The molecule has 3 rings (SSSR count). The number of hydrogen-bond donors (Lipinski definition) is 2. The first-order valence-electron chi connectivity index (χ1n) is 11.4. The van der Waals surface area contributed by atoms with Crippen molar-refractivity contribution in [3.63, 3.8) is 0 Å². The summed E-state index contributed by atoms with van der Waals surface area (Å²) < 4.78 is 35.0. The third-order valence-electron chi connectivity index (χ3n) is 5.37. The van der Waals surface area contributed by atoms with E-state index in [2.05, 4.69) is 15.0 Å². The molecule has 2 unspecified atom stereocenters. The second kappa shape index (κ2) is 11.4. The molecule has 2 N–H and O–H groups in total. The van der Waals surface area contributed by atoms with Crippen LogP contribution in [-0.2, 0) is 21.2 Å². The molecule has 1 amide bonds. The average molecular weight is 486 g/mol. The Balaban J connectivity index is 1.86. The number of hydrogen-bond acceptors (Lipinski definition) is 6. The van der Waals surface area contributed by atoms with Gasteiger partial charge in [-0.3, -0.25) is 9.59 Å². The van der Waals surface area contributed by atoms with Gasteiger partial charge in [-0.15, -0.1) is 0 Å². The number of carbonyl (C=O) groups excluding carboxylic acids is 2. The molecule has 0 aliphatic heterocycles. The molecule has 34 heavy (non-hydrogen) atoms. The largest absolute Gasteiger partial charge is 0.434 e. The summed E-state index contributed by atoms with van der Waals surface area (Å²) in [7, 11) is -4.17. The SMILES string of the molecule is CC(=O)NC(CC(C)C)C(C(=O)c1nc2ccccc2o1)S(=O)(=O)NCCCc1ccccc1. The fourth-order valence-electron chi connectivity index (χ4n) is 3.91. The van der Waals surface area contributed by atoms with Crippen LogP contribution < -0.4 is 10.0 Å². The van der Waals surface area contributed by atoms with Gasteiger partial charge in [-0.25, -0.2) is 18.1 Å². The van der Waals surface area contributed by atoms with Gasteiger partial charge in [0.1, 0.15) is 5.52 Å². The zero-order valence-electron chi connectivity index (χ0n) is 19.7. The van der Waals surface area contributed by atoms with E-state index in [0.717, 1.165) is 5.56 Å². The molecule has 0 aliphatic carbocycles. The number of aromatic nitrogens is 1. The van der Waals surface area contributed by atoms with E-state index in [1.165, 1.54) is 6.92 Å². The fraction of sp³-hybridized carbons (Fsp3) is 0.400. The summed E-state index contributed by atoms with van der Waals surface area (Å²) in [4.78, 5) is 29.6. The van der Waals surface area contributed by atoms with Gasteiger partial charge in [-0.1, -0.05) is 56.3 Å². The topological polar surface area (TPSA) is 118 Å². The van der Waals surface area contributed by atoms with Crippen molar-refractivity contribution in [2.75, 3.05) is 6.54 Å². The number of carbonyl (C=O) groups is 2. The molecule has 8 nitrogen and oxygen atoms in total. The Labute approximate surface area is 200 Å². The number of rotatable bonds is 12. The fourth-order valence-corrected chi connectivity index (χ4v) is 5.51. The van der Waals surface area contributed by atoms with Gasteiger partial charge >= 0.3 is 0 Å². The van der Waals surface area contributed by atoms with Crippen molar-refractivity contribution in [3.8, 4) is 0 Å². The number of fused-ring (bicyclic) bond motifs is 1. The summed E-state index contributed by atoms with van der Waals surface area (Å²) in [5, 5.41) is 1.09. The average Bonchev–Trinajstić information content (AvgIpc) is 3.21. The van der Waals surface area contributed by atoms with Gasteiger partial charge in [0.05, 0.1) is 6.04 Å². The molecule has 0 saturated carbocycles. The molecule has 9 heteroatoms. The van der Waals surface area contributed by atoms with Crippen LogP contribution in [0.15, 0.2) is 59.0 Å². The second-order valence-corrected chi connectivity index (χ2v) is 10.6. The number of amides is 1. The zero-order chi connectivity index (χ0) is 24.7. The van der Waals surface area contributed by atoms with Gasteiger partial charge in [-0.05, 0) is 42.9 Å². The highest BCUT2D eigenvalue weighted by Gasteiger charge is 2.42. The maximum Gasteiger partial charge on any atom is 0.265 e. The van der Waals surface area contributed by atoms with E-state index in [9.17, 15) is 18.0 Å². The standard InChI is InChI=1S/C25H31N3O5S/c1-17(2)16-21(27-18(3)29)24(23(30)25-28-20-13-7-8-14-22(20)33-25)34(31,32)26-15-9-12-19-10-5-4-6-11-19/h4-8,10-11,13-14,17,21,24,26H,9,12,15-16H2,1-3H3,(H,27,29). The van der Waals surface area contributed by atoms with Crippen molar-refractivity contribution in [3.05, 3.63) is 66.1 Å². The summed E-state index contributed by atoms with van der Waals surface area (Å²) in [5.74, 6) is -1.46. The number of aryl methyl sites for hydroxylation is 1. The Morgan fingerprint density at radius 3 is 2.35 bits per heavy atom. The Morgan fingerprint density at radius 1 is 1.03 bits per heavy atom. The summed E-state index contributed by atoms with van der Waals surface area (Å²) in [6, 6.07) is 15.6. The second-order valence-electron chi connectivity index (χ2n) is 8.74.